The highest BCUT2D eigenvalue weighted by molar-refractivity contribution is 7.17. The number of nitrogens with zero attached hydrogens (tertiary/aromatic N) is 2. The number of hydrogen-bond acceptors (Lipinski definition) is 4. The Kier molecular flexibility index (Phi) is 4.53. The van der Waals surface area contributed by atoms with Gasteiger partial charge in [-0.15, -0.1) is 11.3 Å². The predicted molar refractivity (Wildman–Crippen MR) is 107 cm³/mol. The highest BCUT2D eigenvalue weighted by Gasteiger charge is 2.35. The number of fused-ring (bicyclic) bond motifs is 1. The van der Waals surface area contributed by atoms with E-state index in [0.717, 1.165) is 11.1 Å². The second kappa shape index (κ2) is 6.83. The number of carbonyl (C=O) groups excluding carboxylic acids is 1. The highest BCUT2D eigenvalue weighted by Crippen LogP contribution is 2.34. The first-order valence-electron chi connectivity index (χ1n) is 8.75. The maximum atomic E-state index is 12.9. The summed E-state index contributed by atoms with van der Waals surface area (Å²) in [4.78, 5) is 16.7. The molecule has 0 bridgehead atoms. The number of aliphatic hydroxyl groups excluding tert-OH is 1. The molecule has 4 nitrogen and oxygen atoms in total. The van der Waals surface area contributed by atoms with Gasteiger partial charge in [-0.05, 0) is 43.2 Å². The van der Waals surface area contributed by atoms with E-state index in [-0.39, 0.29) is 11.9 Å². The van der Waals surface area contributed by atoms with Crippen LogP contribution in [0.2, 0.25) is 0 Å². The molecule has 26 heavy (non-hydrogen) atoms. The number of amides is 1. The topological polar surface area (TPSA) is 43.8 Å². The van der Waals surface area contributed by atoms with Crippen molar-refractivity contribution in [2.75, 3.05) is 27.2 Å². The standard InChI is InChI=1S/C21H22N2O2S/c1-22(2)18-11-23(12-19(18)24)21(25)15-7-5-6-14(10-15)17-13-26-20-9-4-3-8-16(17)20/h3-10,13,18-19,24H,11-12H2,1-2H3/t18-,19-/m0/s1. The molecule has 2 heterocycles. The molecule has 2 aromatic carbocycles. The van der Waals surface area contributed by atoms with Crippen LogP contribution >= 0.6 is 11.3 Å². The molecule has 1 aliphatic rings. The van der Waals surface area contributed by atoms with Gasteiger partial charge >= 0.3 is 0 Å². The molecule has 1 saturated heterocycles. The molecule has 0 aliphatic carbocycles. The van der Waals surface area contributed by atoms with Gasteiger partial charge in [0.1, 0.15) is 0 Å². The highest BCUT2D eigenvalue weighted by atomic mass is 32.1. The summed E-state index contributed by atoms with van der Waals surface area (Å²) in [7, 11) is 3.87. The fourth-order valence-corrected chi connectivity index (χ4v) is 4.62. The van der Waals surface area contributed by atoms with E-state index in [9.17, 15) is 9.90 Å². The molecule has 1 aromatic heterocycles. The maximum absolute atomic E-state index is 12.9. The van der Waals surface area contributed by atoms with Crippen molar-refractivity contribution in [3.05, 3.63) is 59.5 Å². The third-order valence-corrected chi connectivity index (χ3v) is 6.07. The molecule has 0 spiro atoms. The zero-order chi connectivity index (χ0) is 18.3. The monoisotopic (exact) mass is 366 g/mol. The molecular weight excluding hydrogens is 344 g/mol. The number of thiophene rings is 1. The summed E-state index contributed by atoms with van der Waals surface area (Å²) < 4.78 is 1.25. The SMILES string of the molecule is CN(C)[C@H]1CN(C(=O)c2cccc(-c3csc4ccccc34)c2)C[C@@H]1O. The van der Waals surface area contributed by atoms with Crippen molar-refractivity contribution >= 4 is 27.3 Å². The van der Waals surface area contributed by atoms with E-state index in [1.807, 2.05) is 55.4 Å². The molecule has 2 atom stereocenters. The number of rotatable bonds is 3. The van der Waals surface area contributed by atoms with Crippen LogP contribution in [0.15, 0.2) is 53.9 Å². The van der Waals surface area contributed by atoms with Crippen LogP contribution in [0.5, 0.6) is 0 Å². The number of aliphatic hydroxyl groups is 1. The van der Waals surface area contributed by atoms with Crippen LogP contribution in [0.3, 0.4) is 0 Å². The molecule has 0 radical (unpaired) electrons. The van der Waals surface area contributed by atoms with E-state index in [4.69, 9.17) is 0 Å². The zero-order valence-corrected chi connectivity index (χ0v) is 15.7. The summed E-state index contributed by atoms with van der Waals surface area (Å²) in [6.45, 7) is 0.936. The van der Waals surface area contributed by atoms with E-state index in [2.05, 4.69) is 17.5 Å². The average Bonchev–Trinajstić information content (AvgIpc) is 3.25. The predicted octanol–water partition coefficient (Wildman–Crippen LogP) is 3.32. The van der Waals surface area contributed by atoms with Gasteiger partial charge in [0.2, 0.25) is 0 Å². The molecule has 0 unspecified atom stereocenters. The number of β-amino-alcohol motifs (C(OH)–C–C–N with tert-alkyl or cyclic N) is 1. The van der Waals surface area contributed by atoms with Crippen molar-refractivity contribution in [1.29, 1.82) is 0 Å². The van der Waals surface area contributed by atoms with Crippen molar-refractivity contribution < 1.29 is 9.90 Å². The lowest BCUT2D eigenvalue weighted by atomic mass is 10.0. The van der Waals surface area contributed by atoms with Crippen LogP contribution in [-0.2, 0) is 0 Å². The first-order valence-corrected chi connectivity index (χ1v) is 9.63. The fourth-order valence-electron chi connectivity index (χ4n) is 3.65. The summed E-state index contributed by atoms with van der Waals surface area (Å²) in [5.74, 6) is -0.0187. The van der Waals surface area contributed by atoms with Crippen molar-refractivity contribution in [3.63, 3.8) is 0 Å². The maximum Gasteiger partial charge on any atom is 0.254 e. The van der Waals surface area contributed by atoms with E-state index in [1.54, 1.807) is 16.2 Å². The first-order chi connectivity index (χ1) is 12.5. The van der Waals surface area contributed by atoms with Gasteiger partial charge in [-0.25, -0.2) is 0 Å². The molecule has 134 valence electrons. The lowest BCUT2D eigenvalue weighted by molar-refractivity contribution is 0.0764. The van der Waals surface area contributed by atoms with E-state index >= 15 is 0 Å². The molecule has 1 N–H and O–H groups in total. The lowest BCUT2D eigenvalue weighted by Crippen LogP contribution is -2.38. The molecule has 0 saturated carbocycles. The first kappa shape index (κ1) is 17.2. The Morgan fingerprint density at radius 3 is 2.73 bits per heavy atom. The van der Waals surface area contributed by atoms with Crippen LogP contribution in [0.25, 0.3) is 21.2 Å². The fraction of sp³-hybridized carbons (Fsp3) is 0.286. The Bertz CT molecular complexity index is 950. The second-order valence-corrected chi connectivity index (χ2v) is 7.95. The Hall–Kier alpha value is -2.21. The van der Waals surface area contributed by atoms with Crippen LogP contribution in [0, 0.1) is 0 Å². The normalized spacial score (nSPS) is 20.2. The largest absolute Gasteiger partial charge is 0.390 e. The van der Waals surface area contributed by atoms with Crippen LogP contribution in [0.4, 0.5) is 0 Å². The van der Waals surface area contributed by atoms with Gasteiger partial charge in [0.25, 0.3) is 5.91 Å². The van der Waals surface area contributed by atoms with Gasteiger partial charge in [-0.2, -0.15) is 0 Å². The quantitative estimate of drug-likeness (QED) is 0.773. The minimum atomic E-state index is -0.502. The molecule has 5 heteroatoms. The van der Waals surface area contributed by atoms with E-state index < -0.39 is 6.10 Å². The van der Waals surface area contributed by atoms with Crippen LogP contribution < -0.4 is 0 Å². The van der Waals surface area contributed by atoms with Gasteiger partial charge in [0.15, 0.2) is 0 Å². The summed E-state index contributed by atoms with van der Waals surface area (Å²) in [5, 5.41) is 13.6. The molecule has 1 fully saturated rings. The second-order valence-electron chi connectivity index (χ2n) is 7.03. The molecule has 1 amide bonds. The van der Waals surface area contributed by atoms with Gasteiger partial charge in [-0.3, -0.25) is 4.79 Å². The molecule has 1 aliphatic heterocycles. The molecule has 4 rings (SSSR count). The van der Waals surface area contributed by atoms with Crippen LogP contribution in [-0.4, -0.2) is 60.1 Å². The number of benzene rings is 2. The molecule has 3 aromatic rings. The Morgan fingerprint density at radius 2 is 1.96 bits per heavy atom. The summed E-state index contributed by atoms with van der Waals surface area (Å²) >= 11 is 1.72. The van der Waals surface area contributed by atoms with Crippen molar-refractivity contribution in [3.8, 4) is 11.1 Å². The number of likely N-dealkylation sites (N-methyl/N-ethyl adjacent to an activating group) is 1. The average molecular weight is 366 g/mol. The Morgan fingerprint density at radius 1 is 1.15 bits per heavy atom. The summed E-state index contributed by atoms with van der Waals surface area (Å²) in [6, 6.07) is 16.1. The molecular formula is C21H22N2O2S. The third-order valence-electron chi connectivity index (χ3n) is 5.11. The van der Waals surface area contributed by atoms with Gasteiger partial charge < -0.3 is 14.9 Å². The third kappa shape index (κ3) is 3.03. The minimum absolute atomic E-state index is 0.0112. The van der Waals surface area contributed by atoms with Gasteiger partial charge in [0.05, 0.1) is 12.1 Å². The van der Waals surface area contributed by atoms with Crippen molar-refractivity contribution in [2.45, 2.75) is 12.1 Å². The van der Waals surface area contributed by atoms with E-state index in [0.29, 0.717) is 18.7 Å². The Labute approximate surface area is 157 Å². The number of hydrogen-bond donors (Lipinski definition) is 1. The smallest absolute Gasteiger partial charge is 0.254 e. The summed E-state index contributed by atoms with van der Waals surface area (Å²) in [5.41, 5.74) is 2.88. The summed E-state index contributed by atoms with van der Waals surface area (Å²) in [6.07, 6.45) is -0.502. The van der Waals surface area contributed by atoms with Crippen LogP contribution in [0.1, 0.15) is 10.4 Å². The van der Waals surface area contributed by atoms with E-state index in [1.165, 1.54) is 10.1 Å². The van der Waals surface area contributed by atoms with Gasteiger partial charge in [0, 0.05) is 34.3 Å². The minimum Gasteiger partial charge on any atom is -0.390 e. The zero-order valence-electron chi connectivity index (χ0n) is 14.9. The number of likely N-dealkylation sites (tertiary alicyclic amines) is 1. The van der Waals surface area contributed by atoms with Crippen molar-refractivity contribution in [2.24, 2.45) is 0 Å². The van der Waals surface area contributed by atoms with Crippen molar-refractivity contribution in [1.82, 2.24) is 9.80 Å². The number of carbonyl (C=O) groups is 1. The Balaban J connectivity index is 1.63. The van der Waals surface area contributed by atoms with Gasteiger partial charge in [-0.1, -0.05) is 30.3 Å². The lowest BCUT2D eigenvalue weighted by Gasteiger charge is -2.21.